The van der Waals surface area contributed by atoms with Crippen LogP contribution in [0.1, 0.15) is 102 Å². The number of allylic oxidation sites excluding steroid dienone is 1. The SMILES string of the molecule is C=CCC[C@@H](OC)[C@@H](C)C(=O)N[C@H](C(=O)N[C@@H](Cc1cccc(O[Si](C)(C)C(C)(C)C)c1)C(=O)N1CCC[C@@H](C(=O)O[C@@H]2CCc3ccc(C=C)cc32)N1)C(C)C. The van der Waals surface area contributed by atoms with Crippen LogP contribution in [0.5, 0.6) is 5.75 Å². The molecule has 3 amide bonds. The van der Waals surface area contributed by atoms with E-state index in [1.54, 1.807) is 26.2 Å². The van der Waals surface area contributed by atoms with E-state index in [2.05, 4.69) is 69.1 Å². The van der Waals surface area contributed by atoms with Gasteiger partial charge in [-0.05, 0) is 103 Å². The summed E-state index contributed by atoms with van der Waals surface area (Å²) in [5.41, 5.74) is 7.04. The summed E-state index contributed by atoms with van der Waals surface area (Å²) in [5.74, 6) is -1.74. The van der Waals surface area contributed by atoms with Crippen molar-refractivity contribution in [3.63, 3.8) is 0 Å². The average molecular weight is 803 g/mol. The second-order valence-electron chi connectivity index (χ2n) is 17.4. The maximum absolute atomic E-state index is 14.5. The molecule has 0 aromatic heterocycles. The number of hydrogen-bond donors (Lipinski definition) is 3. The van der Waals surface area contributed by atoms with E-state index in [0.29, 0.717) is 44.4 Å². The van der Waals surface area contributed by atoms with Crippen molar-refractivity contribution in [2.75, 3.05) is 13.7 Å². The normalized spacial score (nSPS) is 19.1. The molecule has 0 radical (unpaired) electrons. The first kappa shape index (κ1) is 45.4. The second kappa shape index (κ2) is 19.9. The van der Waals surface area contributed by atoms with E-state index in [1.165, 1.54) is 5.01 Å². The van der Waals surface area contributed by atoms with Gasteiger partial charge in [0.1, 0.15) is 30.0 Å². The fraction of sp³-hybridized carbons (Fsp3) is 0.556. The Morgan fingerprint density at radius 3 is 2.40 bits per heavy atom. The molecule has 1 aliphatic heterocycles. The number of carbonyl (C=O) groups excluding carboxylic acids is 4. The number of nitrogens with zero attached hydrogens (tertiary/aromatic N) is 1. The molecule has 1 saturated heterocycles. The van der Waals surface area contributed by atoms with Gasteiger partial charge in [0.05, 0.1) is 12.0 Å². The van der Waals surface area contributed by atoms with Crippen molar-refractivity contribution in [1.29, 1.82) is 0 Å². The van der Waals surface area contributed by atoms with Gasteiger partial charge in [-0.3, -0.25) is 24.2 Å². The highest BCUT2D eigenvalue weighted by molar-refractivity contribution is 6.74. The molecule has 2 aromatic rings. The van der Waals surface area contributed by atoms with Gasteiger partial charge >= 0.3 is 5.97 Å². The van der Waals surface area contributed by atoms with Crippen molar-refractivity contribution in [2.45, 2.75) is 135 Å². The van der Waals surface area contributed by atoms with Gasteiger partial charge in [-0.15, -0.1) is 6.58 Å². The number of hydrazine groups is 1. The molecule has 0 saturated carbocycles. The first-order valence-corrected chi connectivity index (χ1v) is 23.4. The lowest BCUT2D eigenvalue weighted by atomic mass is 9.96. The zero-order chi connectivity index (χ0) is 42.1. The minimum absolute atomic E-state index is 0.0223. The maximum atomic E-state index is 14.5. The van der Waals surface area contributed by atoms with Crippen molar-refractivity contribution in [3.05, 3.63) is 84.0 Å². The molecule has 0 bridgehead atoms. The van der Waals surface area contributed by atoms with E-state index in [0.717, 1.165) is 28.7 Å². The molecule has 12 heteroatoms. The first-order valence-electron chi connectivity index (χ1n) is 20.4. The van der Waals surface area contributed by atoms with Gasteiger partial charge in [-0.1, -0.05) is 84.5 Å². The quantitative estimate of drug-likeness (QED) is 0.0817. The van der Waals surface area contributed by atoms with Gasteiger partial charge in [-0.2, -0.15) is 0 Å². The number of esters is 1. The lowest BCUT2D eigenvalue weighted by Gasteiger charge is -2.37. The number of amides is 3. The summed E-state index contributed by atoms with van der Waals surface area (Å²) in [6.07, 6.45) is 6.84. The first-order chi connectivity index (χ1) is 26.9. The van der Waals surface area contributed by atoms with Crippen molar-refractivity contribution in [1.82, 2.24) is 21.1 Å². The van der Waals surface area contributed by atoms with Crippen molar-refractivity contribution >= 4 is 38.1 Å². The molecule has 1 fully saturated rings. The van der Waals surface area contributed by atoms with Crippen LogP contribution in [0.15, 0.2) is 61.7 Å². The summed E-state index contributed by atoms with van der Waals surface area (Å²) in [6.45, 7) is 24.3. The third kappa shape index (κ3) is 11.9. The number of ether oxygens (including phenoxy) is 2. The highest BCUT2D eigenvalue weighted by Crippen LogP contribution is 2.38. The number of aryl methyl sites for hydroxylation is 1. The number of benzene rings is 2. The van der Waals surface area contributed by atoms with Gasteiger partial charge in [-0.25, -0.2) is 5.43 Å². The fourth-order valence-electron chi connectivity index (χ4n) is 7.08. The second-order valence-corrected chi connectivity index (χ2v) is 22.1. The summed E-state index contributed by atoms with van der Waals surface area (Å²) in [5, 5.41) is 7.34. The number of nitrogens with one attached hydrogen (secondary N) is 3. The highest BCUT2D eigenvalue weighted by atomic mass is 28.4. The summed E-state index contributed by atoms with van der Waals surface area (Å²) in [4.78, 5) is 55.8. The molecule has 11 nitrogen and oxygen atoms in total. The van der Waals surface area contributed by atoms with E-state index in [1.807, 2.05) is 50.2 Å². The van der Waals surface area contributed by atoms with Crippen LogP contribution in [-0.2, 0) is 41.5 Å². The Labute approximate surface area is 341 Å². The Kier molecular flexibility index (Phi) is 15.9. The number of carbonyl (C=O) groups is 4. The maximum Gasteiger partial charge on any atom is 0.325 e. The molecule has 57 heavy (non-hydrogen) atoms. The molecule has 1 heterocycles. The van der Waals surface area contributed by atoms with E-state index < -0.39 is 50.1 Å². The number of rotatable bonds is 18. The third-order valence-electron chi connectivity index (χ3n) is 11.7. The number of fused-ring (bicyclic) bond motifs is 1. The van der Waals surface area contributed by atoms with E-state index in [-0.39, 0.29) is 35.5 Å². The molecule has 312 valence electrons. The Bertz CT molecular complexity index is 1750. The van der Waals surface area contributed by atoms with Gasteiger partial charge in [0.15, 0.2) is 0 Å². The zero-order valence-corrected chi connectivity index (χ0v) is 36.6. The highest BCUT2D eigenvalue weighted by Gasteiger charge is 2.40. The average Bonchev–Trinajstić information content (AvgIpc) is 3.57. The van der Waals surface area contributed by atoms with E-state index in [4.69, 9.17) is 13.9 Å². The minimum atomic E-state index is -2.17. The lowest BCUT2D eigenvalue weighted by Crippen LogP contribution is -2.62. The summed E-state index contributed by atoms with van der Waals surface area (Å²) in [6, 6.07) is 11.0. The topological polar surface area (TPSA) is 135 Å². The molecule has 4 rings (SSSR count). The molecule has 0 unspecified atom stereocenters. The summed E-state index contributed by atoms with van der Waals surface area (Å²) in [7, 11) is -0.601. The zero-order valence-electron chi connectivity index (χ0n) is 35.6. The summed E-state index contributed by atoms with van der Waals surface area (Å²) < 4.78 is 18.2. The molecule has 0 spiro atoms. The molecule has 1 aliphatic carbocycles. The minimum Gasteiger partial charge on any atom is -0.543 e. The largest absolute Gasteiger partial charge is 0.543 e. The predicted octanol–water partition coefficient (Wildman–Crippen LogP) is 7.23. The molecule has 2 aliphatic rings. The summed E-state index contributed by atoms with van der Waals surface area (Å²) >= 11 is 0. The van der Waals surface area contributed by atoms with Crippen molar-refractivity contribution < 1.29 is 33.1 Å². The van der Waals surface area contributed by atoms with Crippen LogP contribution in [-0.4, -0.2) is 74.9 Å². The van der Waals surface area contributed by atoms with Gasteiger partial charge in [0.2, 0.25) is 20.1 Å². The monoisotopic (exact) mass is 802 g/mol. The van der Waals surface area contributed by atoms with Crippen LogP contribution in [0.4, 0.5) is 0 Å². The Morgan fingerprint density at radius 2 is 1.75 bits per heavy atom. The number of methoxy groups -OCH3 is 1. The Morgan fingerprint density at radius 1 is 1.02 bits per heavy atom. The standard InChI is InChI=1S/C45H66N4O7Si/c1-12-14-20-38(54-9)30(5)41(50)47-40(29(3)4)42(51)46-37(28-32-17-15-18-34(26-32)56-57(10,11)45(6,7)8)43(52)49-25-16-19-36(48-49)44(53)55-39-24-23-33-22-21-31(13-2)27-35(33)39/h12-13,15,17-18,21-22,26-27,29-30,36-40,48H,1-2,14,16,19-20,23-25,28H2,3-11H3,(H,46,51)(H,47,50)/t30-,36+,37+,38-,39-,40+/m1/s1. The smallest absolute Gasteiger partial charge is 0.325 e. The number of hydrogen-bond acceptors (Lipinski definition) is 8. The fourth-order valence-corrected chi connectivity index (χ4v) is 8.10. The van der Waals surface area contributed by atoms with Crippen LogP contribution in [0.2, 0.25) is 18.1 Å². The lowest BCUT2D eigenvalue weighted by molar-refractivity contribution is -0.157. The van der Waals surface area contributed by atoms with Crippen LogP contribution in [0.25, 0.3) is 6.08 Å². The van der Waals surface area contributed by atoms with Gasteiger partial charge in [0.25, 0.3) is 5.91 Å². The predicted molar refractivity (Wildman–Crippen MR) is 228 cm³/mol. The molecule has 6 atom stereocenters. The van der Waals surface area contributed by atoms with Crippen LogP contribution in [0.3, 0.4) is 0 Å². The van der Waals surface area contributed by atoms with Crippen LogP contribution < -0.4 is 20.5 Å². The molecular formula is C45H66N4O7Si. The van der Waals surface area contributed by atoms with Gasteiger partial charge < -0.3 is 24.5 Å². The van der Waals surface area contributed by atoms with E-state index >= 15 is 0 Å². The molecule has 3 N–H and O–H groups in total. The molecular weight excluding hydrogens is 737 g/mol. The Hall–Kier alpha value is -4.26. The van der Waals surface area contributed by atoms with Gasteiger partial charge in [0, 0.05) is 20.1 Å². The Balaban J connectivity index is 1.56. The van der Waals surface area contributed by atoms with Crippen molar-refractivity contribution in [2.24, 2.45) is 11.8 Å². The molecule has 2 aromatic carbocycles. The van der Waals surface area contributed by atoms with Crippen LogP contribution >= 0.6 is 0 Å². The van der Waals surface area contributed by atoms with E-state index in [9.17, 15) is 19.2 Å². The third-order valence-corrected chi connectivity index (χ3v) is 16.1. The van der Waals surface area contributed by atoms with Crippen molar-refractivity contribution in [3.8, 4) is 5.75 Å². The van der Waals surface area contributed by atoms with Crippen LogP contribution in [0, 0.1) is 11.8 Å².